The molecule has 2 aromatic rings. The van der Waals surface area contributed by atoms with Crippen molar-refractivity contribution >= 4 is 0 Å². The molecule has 2 unspecified atom stereocenters. The summed E-state index contributed by atoms with van der Waals surface area (Å²) in [6.45, 7) is 2.07. The number of methoxy groups -OCH3 is 1. The highest BCUT2D eigenvalue weighted by Crippen LogP contribution is 2.23. The molecular weight excluding hydrogens is 246 g/mol. The Bertz CT molecular complexity index is 507. The Labute approximate surface area is 121 Å². The molecule has 2 nitrogen and oxygen atoms in total. The molecule has 0 amide bonds. The van der Waals surface area contributed by atoms with E-state index in [-0.39, 0.29) is 12.1 Å². The lowest BCUT2D eigenvalue weighted by molar-refractivity contribution is 0.107. The van der Waals surface area contributed by atoms with Crippen LogP contribution in [-0.2, 0) is 4.74 Å². The third-order valence-electron chi connectivity index (χ3n) is 3.73. The van der Waals surface area contributed by atoms with Crippen LogP contribution >= 0.6 is 0 Å². The van der Waals surface area contributed by atoms with E-state index in [4.69, 9.17) is 10.5 Å². The van der Waals surface area contributed by atoms with E-state index in [1.807, 2.05) is 6.07 Å². The molecular formula is C18H23NO. The van der Waals surface area contributed by atoms with Crippen molar-refractivity contribution in [3.63, 3.8) is 0 Å². The monoisotopic (exact) mass is 269 g/mol. The Hall–Kier alpha value is -1.64. The minimum Gasteiger partial charge on any atom is -0.382 e. The fourth-order valence-electron chi connectivity index (χ4n) is 2.25. The molecule has 0 heterocycles. The fourth-order valence-corrected chi connectivity index (χ4v) is 2.25. The summed E-state index contributed by atoms with van der Waals surface area (Å²) < 4.78 is 5.26. The molecule has 0 bridgehead atoms. The first kappa shape index (κ1) is 14.8. The number of hydrogen-bond donors (Lipinski definition) is 1. The number of rotatable bonds is 6. The van der Waals surface area contributed by atoms with Gasteiger partial charge >= 0.3 is 0 Å². The summed E-state index contributed by atoms with van der Waals surface area (Å²) in [6.07, 6.45) is 2.20. The molecule has 0 saturated heterocycles. The molecule has 2 heteroatoms. The highest BCUT2D eigenvalue weighted by atomic mass is 16.5. The molecule has 0 aliphatic carbocycles. The average Bonchev–Trinajstić information content (AvgIpc) is 2.53. The second-order valence-corrected chi connectivity index (χ2v) is 5.22. The Balaban J connectivity index is 2.01. The van der Waals surface area contributed by atoms with Crippen molar-refractivity contribution in [3.8, 4) is 11.1 Å². The summed E-state index contributed by atoms with van der Waals surface area (Å²) in [4.78, 5) is 0. The lowest BCUT2D eigenvalue weighted by Crippen LogP contribution is -2.14. The lowest BCUT2D eigenvalue weighted by atomic mass is 9.98. The third kappa shape index (κ3) is 3.92. The molecule has 0 aliphatic rings. The molecule has 2 atom stereocenters. The van der Waals surface area contributed by atoms with E-state index in [2.05, 4.69) is 55.5 Å². The van der Waals surface area contributed by atoms with Gasteiger partial charge in [0.15, 0.2) is 0 Å². The largest absolute Gasteiger partial charge is 0.382 e. The van der Waals surface area contributed by atoms with Crippen LogP contribution < -0.4 is 5.73 Å². The highest BCUT2D eigenvalue weighted by molar-refractivity contribution is 5.63. The quantitative estimate of drug-likeness (QED) is 0.854. The predicted molar refractivity (Wildman–Crippen MR) is 84.5 cm³/mol. The van der Waals surface area contributed by atoms with Crippen molar-refractivity contribution in [2.75, 3.05) is 7.11 Å². The van der Waals surface area contributed by atoms with Crippen molar-refractivity contribution in [3.05, 3.63) is 60.2 Å². The van der Waals surface area contributed by atoms with E-state index < -0.39 is 0 Å². The standard InChI is InChI=1S/C18H23NO/c1-14(20-2)8-13-18(19)17-11-9-16(10-12-17)15-6-4-3-5-7-15/h3-7,9-12,14,18H,8,13,19H2,1-2H3. The van der Waals surface area contributed by atoms with Gasteiger partial charge in [0.25, 0.3) is 0 Å². The third-order valence-corrected chi connectivity index (χ3v) is 3.73. The number of nitrogens with two attached hydrogens (primary N) is 1. The van der Waals surface area contributed by atoms with E-state index >= 15 is 0 Å². The number of benzene rings is 2. The first-order chi connectivity index (χ1) is 9.70. The maximum Gasteiger partial charge on any atom is 0.0543 e. The van der Waals surface area contributed by atoms with Crippen LogP contribution in [-0.4, -0.2) is 13.2 Å². The topological polar surface area (TPSA) is 35.2 Å². The van der Waals surface area contributed by atoms with Crippen LogP contribution in [0.5, 0.6) is 0 Å². The Kier molecular flexibility index (Phi) is 5.33. The summed E-state index contributed by atoms with van der Waals surface area (Å²) in [5.74, 6) is 0. The Morgan fingerprint density at radius 1 is 0.900 bits per heavy atom. The fraction of sp³-hybridized carbons (Fsp3) is 0.333. The minimum atomic E-state index is 0.0809. The van der Waals surface area contributed by atoms with E-state index in [1.165, 1.54) is 16.7 Å². The van der Waals surface area contributed by atoms with Crippen LogP contribution in [0.15, 0.2) is 54.6 Å². The molecule has 2 N–H and O–H groups in total. The summed E-state index contributed by atoms with van der Waals surface area (Å²) >= 11 is 0. The SMILES string of the molecule is COC(C)CCC(N)c1ccc(-c2ccccc2)cc1. The molecule has 2 aromatic carbocycles. The van der Waals surface area contributed by atoms with Crippen molar-refractivity contribution < 1.29 is 4.74 Å². The normalized spacial score (nSPS) is 13.9. The molecule has 0 aromatic heterocycles. The number of hydrogen-bond acceptors (Lipinski definition) is 2. The van der Waals surface area contributed by atoms with Crippen molar-refractivity contribution in [2.45, 2.75) is 31.9 Å². The smallest absolute Gasteiger partial charge is 0.0543 e. The van der Waals surface area contributed by atoms with Gasteiger partial charge in [-0.3, -0.25) is 0 Å². The van der Waals surface area contributed by atoms with Crippen LogP contribution in [0.2, 0.25) is 0 Å². The molecule has 0 spiro atoms. The minimum absolute atomic E-state index is 0.0809. The van der Waals surface area contributed by atoms with Crippen molar-refractivity contribution in [1.82, 2.24) is 0 Å². The van der Waals surface area contributed by atoms with Crippen LogP contribution in [0, 0.1) is 0 Å². The van der Waals surface area contributed by atoms with Gasteiger partial charge in [-0.25, -0.2) is 0 Å². The van der Waals surface area contributed by atoms with Crippen LogP contribution in [0.1, 0.15) is 31.4 Å². The van der Waals surface area contributed by atoms with Gasteiger partial charge in [0.1, 0.15) is 0 Å². The molecule has 0 radical (unpaired) electrons. The van der Waals surface area contributed by atoms with Gasteiger partial charge in [-0.15, -0.1) is 0 Å². The highest BCUT2D eigenvalue weighted by Gasteiger charge is 2.08. The first-order valence-corrected chi connectivity index (χ1v) is 7.14. The van der Waals surface area contributed by atoms with Gasteiger partial charge in [0.2, 0.25) is 0 Å². The lowest BCUT2D eigenvalue weighted by Gasteiger charge is -2.15. The van der Waals surface area contributed by atoms with Crippen LogP contribution in [0.3, 0.4) is 0 Å². The van der Waals surface area contributed by atoms with E-state index in [9.17, 15) is 0 Å². The van der Waals surface area contributed by atoms with Gasteiger partial charge in [-0.2, -0.15) is 0 Å². The summed E-state index contributed by atoms with van der Waals surface area (Å²) in [5.41, 5.74) is 9.88. The van der Waals surface area contributed by atoms with Gasteiger partial charge in [-0.1, -0.05) is 54.6 Å². The van der Waals surface area contributed by atoms with Crippen molar-refractivity contribution in [1.29, 1.82) is 0 Å². The summed E-state index contributed by atoms with van der Waals surface area (Å²) in [6, 6.07) is 19.0. The summed E-state index contributed by atoms with van der Waals surface area (Å²) in [7, 11) is 1.74. The number of ether oxygens (including phenoxy) is 1. The van der Waals surface area contributed by atoms with E-state index in [1.54, 1.807) is 7.11 Å². The van der Waals surface area contributed by atoms with Gasteiger partial charge in [-0.05, 0) is 36.5 Å². The second kappa shape index (κ2) is 7.22. The zero-order chi connectivity index (χ0) is 14.4. The van der Waals surface area contributed by atoms with Gasteiger partial charge < -0.3 is 10.5 Å². The predicted octanol–water partition coefficient (Wildman–Crippen LogP) is 4.17. The molecule has 2 rings (SSSR count). The molecule has 20 heavy (non-hydrogen) atoms. The Morgan fingerprint density at radius 3 is 2.10 bits per heavy atom. The second-order valence-electron chi connectivity index (χ2n) is 5.22. The van der Waals surface area contributed by atoms with Gasteiger partial charge in [0.05, 0.1) is 6.10 Å². The zero-order valence-electron chi connectivity index (χ0n) is 12.3. The van der Waals surface area contributed by atoms with Gasteiger partial charge in [0, 0.05) is 13.2 Å². The first-order valence-electron chi connectivity index (χ1n) is 7.14. The van der Waals surface area contributed by atoms with E-state index in [0.29, 0.717) is 0 Å². The maximum absolute atomic E-state index is 6.23. The zero-order valence-corrected chi connectivity index (χ0v) is 12.3. The van der Waals surface area contributed by atoms with Crippen molar-refractivity contribution in [2.24, 2.45) is 5.73 Å². The summed E-state index contributed by atoms with van der Waals surface area (Å²) in [5, 5.41) is 0. The van der Waals surface area contributed by atoms with E-state index in [0.717, 1.165) is 12.8 Å². The Morgan fingerprint density at radius 2 is 1.50 bits per heavy atom. The molecule has 0 fully saturated rings. The molecule has 0 saturated carbocycles. The van der Waals surface area contributed by atoms with Crippen LogP contribution in [0.4, 0.5) is 0 Å². The van der Waals surface area contributed by atoms with Crippen LogP contribution in [0.25, 0.3) is 11.1 Å². The molecule has 106 valence electrons. The average molecular weight is 269 g/mol. The maximum atomic E-state index is 6.23. The molecule has 0 aliphatic heterocycles.